The van der Waals surface area contributed by atoms with Gasteiger partial charge in [0.15, 0.2) is 5.79 Å². The highest BCUT2D eigenvalue weighted by atomic mass is 16.7. The smallest absolute Gasteiger partial charge is 0.232 e. The summed E-state index contributed by atoms with van der Waals surface area (Å²) >= 11 is 0. The van der Waals surface area contributed by atoms with Gasteiger partial charge in [0.1, 0.15) is 12.2 Å². The monoisotopic (exact) mass is 191 g/mol. The van der Waals surface area contributed by atoms with Crippen molar-refractivity contribution in [2.24, 2.45) is 0 Å². The SMILES string of the molecule is CC1(C)OC[C@H]([C@H](O)C[N+](=O)[O-])O1. The van der Waals surface area contributed by atoms with Gasteiger partial charge in [0.2, 0.25) is 6.54 Å². The van der Waals surface area contributed by atoms with Crippen LogP contribution in [0.3, 0.4) is 0 Å². The summed E-state index contributed by atoms with van der Waals surface area (Å²) in [5, 5.41) is 19.4. The van der Waals surface area contributed by atoms with Gasteiger partial charge in [0.05, 0.1) is 6.61 Å². The minimum absolute atomic E-state index is 0.196. The number of nitrogens with zero attached hydrogens (tertiary/aromatic N) is 1. The topological polar surface area (TPSA) is 81.8 Å². The van der Waals surface area contributed by atoms with Gasteiger partial charge < -0.3 is 14.6 Å². The van der Waals surface area contributed by atoms with E-state index < -0.39 is 29.5 Å². The van der Waals surface area contributed by atoms with Gasteiger partial charge in [-0.25, -0.2) is 0 Å². The second kappa shape index (κ2) is 3.57. The number of aliphatic hydroxyl groups is 1. The second-order valence-corrected chi connectivity index (χ2v) is 3.45. The molecule has 2 atom stereocenters. The molecule has 1 aliphatic rings. The van der Waals surface area contributed by atoms with Crippen LogP contribution in [-0.2, 0) is 9.47 Å². The summed E-state index contributed by atoms with van der Waals surface area (Å²) in [6, 6.07) is 0. The Bertz CT molecular complexity index is 205. The maximum Gasteiger partial charge on any atom is 0.232 e. The molecule has 6 heteroatoms. The number of aliphatic hydroxyl groups excluding tert-OH is 1. The third-order valence-electron chi connectivity index (χ3n) is 1.80. The predicted molar refractivity (Wildman–Crippen MR) is 42.8 cm³/mol. The fraction of sp³-hybridized carbons (Fsp3) is 1.00. The van der Waals surface area contributed by atoms with Crippen LogP contribution in [0.2, 0.25) is 0 Å². The lowest BCUT2D eigenvalue weighted by molar-refractivity contribution is -0.493. The van der Waals surface area contributed by atoms with Crippen LogP contribution < -0.4 is 0 Å². The molecule has 1 N–H and O–H groups in total. The van der Waals surface area contributed by atoms with Gasteiger partial charge >= 0.3 is 0 Å². The molecule has 0 bridgehead atoms. The zero-order valence-electron chi connectivity index (χ0n) is 7.60. The molecule has 0 unspecified atom stereocenters. The van der Waals surface area contributed by atoms with Crippen LogP contribution in [0.15, 0.2) is 0 Å². The van der Waals surface area contributed by atoms with E-state index in [1.54, 1.807) is 13.8 Å². The Morgan fingerprint density at radius 2 is 2.38 bits per heavy atom. The lowest BCUT2D eigenvalue weighted by atomic mass is 10.2. The van der Waals surface area contributed by atoms with E-state index in [1.165, 1.54) is 0 Å². The highest BCUT2D eigenvalue weighted by Gasteiger charge is 2.38. The quantitative estimate of drug-likeness (QED) is 0.492. The van der Waals surface area contributed by atoms with Crippen molar-refractivity contribution >= 4 is 0 Å². The van der Waals surface area contributed by atoms with E-state index in [1.807, 2.05) is 0 Å². The molecule has 0 radical (unpaired) electrons. The zero-order chi connectivity index (χ0) is 10.1. The maximum atomic E-state index is 10.1. The average Bonchev–Trinajstić information content (AvgIpc) is 2.28. The summed E-state index contributed by atoms with van der Waals surface area (Å²) in [5.74, 6) is -0.748. The molecule has 13 heavy (non-hydrogen) atoms. The Balaban J connectivity index is 2.42. The van der Waals surface area contributed by atoms with Crippen LogP contribution in [0.1, 0.15) is 13.8 Å². The molecule has 1 heterocycles. The van der Waals surface area contributed by atoms with Crippen molar-refractivity contribution in [1.29, 1.82) is 0 Å². The molecule has 0 amide bonds. The fourth-order valence-electron chi connectivity index (χ4n) is 1.18. The largest absolute Gasteiger partial charge is 0.383 e. The molecule has 1 aliphatic heterocycles. The first-order valence-electron chi connectivity index (χ1n) is 4.02. The molecule has 0 aliphatic carbocycles. The molecule has 1 fully saturated rings. The van der Waals surface area contributed by atoms with Crippen LogP contribution in [-0.4, -0.2) is 41.2 Å². The van der Waals surface area contributed by atoms with Gasteiger partial charge in [-0.3, -0.25) is 10.1 Å². The van der Waals surface area contributed by atoms with E-state index in [4.69, 9.17) is 9.47 Å². The van der Waals surface area contributed by atoms with Crippen LogP contribution >= 0.6 is 0 Å². The van der Waals surface area contributed by atoms with E-state index in [0.717, 1.165) is 0 Å². The number of hydrogen-bond donors (Lipinski definition) is 1. The highest BCUT2D eigenvalue weighted by molar-refractivity contribution is 4.76. The summed E-state index contributed by atoms with van der Waals surface area (Å²) in [4.78, 5) is 9.51. The molecule has 6 nitrogen and oxygen atoms in total. The number of ether oxygens (including phenoxy) is 2. The van der Waals surface area contributed by atoms with Crippen molar-refractivity contribution in [2.75, 3.05) is 13.2 Å². The molecule has 1 saturated heterocycles. The molecule has 0 saturated carbocycles. The van der Waals surface area contributed by atoms with Crippen LogP contribution in [0.4, 0.5) is 0 Å². The Morgan fingerprint density at radius 1 is 1.77 bits per heavy atom. The summed E-state index contributed by atoms with van der Waals surface area (Å²) in [6.07, 6.45) is -1.70. The Labute approximate surface area is 75.6 Å². The second-order valence-electron chi connectivity index (χ2n) is 3.45. The van der Waals surface area contributed by atoms with Gasteiger partial charge in [0.25, 0.3) is 0 Å². The normalized spacial score (nSPS) is 28.7. The first-order valence-corrected chi connectivity index (χ1v) is 4.02. The van der Waals surface area contributed by atoms with E-state index >= 15 is 0 Å². The van der Waals surface area contributed by atoms with Crippen molar-refractivity contribution in [2.45, 2.75) is 31.8 Å². The average molecular weight is 191 g/mol. The minimum Gasteiger partial charge on any atom is -0.383 e. The first kappa shape index (κ1) is 10.4. The summed E-state index contributed by atoms with van der Waals surface area (Å²) in [7, 11) is 0. The molecule has 0 spiro atoms. The van der Waals surface area contributed by atoms with Crippen LogP contribution in [0.5, 0.6) is 0 Å². The van der Waals surface area contributed by atoms with Crippen LogP contribution in [0, 0.1) is 10.1 Å². The van der Waals surface area contributed by atoms with Crippen molar-refractivity contribution in [1.82, 2.24) is 0 Å². The molecule has 0 aromatic carbocycles. The molecule has 76 valence electrons. The number of rotatable bonds is 3. The predicted octanol–water partition coefficient (Wildman–Crippen LogP) is -0.224. The number of hydrogen-bond acceptors (Lipinski definition) is 5. The van der Waals surface area contributed by atoms with E-state index in [-0.39, 0.29) is 6.61 Å². The lowest BCUT2D eigenvalue weighted by Gasteiger charge is -2.18. The minimum atomic E-state index is -1.10. The Morgan fingerprint density at radius 3 is 2.77 bits per heavy atom. The van der Waals surface area contributed by atoms with Crippen LogP contribution in [0.25, 0.3) is 0 Å². The first-order chi connectivity index (χ1) is 5.91. The fourth-order valence-corrected chi connectivity index (χ4v) is 1.18. The standard InChI is InChI=1S/C7H13NO5/c1-7(2)12-4-6(13-7)5(9)3-8(10)11/h5-6,9H,3-4H2,1-2H3/t5-,6-/m1/s1. The van der Waals surface area contributed by atoms with Gasteiger partial charge in [-0.05, 0) is 13.8 Å². The summed E-state index contributed by atoms with van der Waals surface area (Å²) in [6.45, 7) is 3.09. The maximum absolute atomic E-state index is 10.1. The summed E-state index contributed by atoms with van der Waals surface area (Å²) < 4.78 is 10.4. The van der Waals surface area contributed by atoms with Gasteiger partial charge in [0, 0.05) is 4.92 Å². The summed E-state index contributed by atoms with van der Waals surface area (Å²) in [5.41, 5.74) is 0. The number of nitro groups is 1. The third kappa shape index (κ3) is 2.91. The zero-order valence-corrected chi connectivity index (χ0v) is 7.60. The molecular formula is C7H13NO5. The van der Waals surface area contributed by atoms with Gasteiger partial charge in [-0.1, -0.05) is 0 Å². The molecular weight excluding hydrogens is 178 g/mol. The highest BCUT2D eigenvalue weighted by Crippen LogP contribution is 2.24. The van der Waals surface area contributed by atoms with E-state index in [0.29, 0.717) is 0 Å². The molecule has 0 aromatic rings. The van der Waals surface area contributed by atoms with E-state index in [9.17, 15) is 15.2 Å². The van der Waals surface area contributed by atoms with Gasteiger partial charge in [-0.2, -0.15) is 0 Å². The van der Waals surface area contributed by atoms with Crippen molar-refractivity contribution in [3.63, 3.8) is 0 Å². The van der Waals surface area contributed by atoms with Gasteiger partial charge in [-0.15, -0.1) is 0 Å². The van der Waals surface area contributed by atoms with Crippen molar-refractivity contribution < 1.29 is 19.5 Å². The van der Waals surface area contributed by atoms with Crippen molar-refractivity contribution in [3.8, 4) is 0 Å². The third-order valence-corrected chi connectivity index (χ3v) is 1.80. The van der Waals surface area contributed by atoms with E-state index in [2.05, 4.69) is 0 Å². The lowest BCUT2D eigenvalue weighted by Crippen LogP contribution is -2.35. The Hall–Kier alpha value is -0.720. The molecule has 0 aromatic heterocycles. The van der Waals surface area contributed by atoms with Crippen molar-refractivity contribution in [3.05, 3.63) is 10.1 Å². The molecule has 1 rings (SSSR count). The Kier molecular flexibility index (Phi) is 2.84.